The van der Waals surface area contributed by atoms with Crippen molar-refractivity contribution >= 4 is 35.2 Å². The number of aliphatic hydroxyl groups excluding tert-OH is 1. The molecule has 3 aromatic carbocycles. The van der Waals surface area contributed by atoms with E-state index in [1.54, 1.807) is 60.3 Å². The molecule has 2 atom stereocenters. The summed E-state index contributed by atoms with van der Waals surface area (Å²) in [4.78, 5) is 37.4. The van der Waals surface area contributed by atoms with Gasteiger partial charge in [-0.1, -0.05) is 31.4 Å². The summed E-state index contributed by atoms with van der Waals surface area (Å²) in [5.41, 5.74) is 4.87. The molecule has 0 bridgehead atoms. The van der Waals surface area contributed by atoms with Crippen LogP contribution in [0.2, 0.25) is 0 Å². The first-order valence-electron chi connectivity index (χ1n) is 12.1. The van der Waals surface area contributed by atoms with E-state index in [0.717, 1.165) is 11.1 Å². The number of aliphatic hydroxyl groups is 1. The third kappa shape index (κ3) is 9.87. The Morgan fingerprint density at radius 3 is 2.00 bits per heavy atom. The van der Waals surface area contributed by atoms with Gasteiger partial charge >= 0.3 is 0 Å². The maximum atomic E-state index is 12.4. The van der Waals surface area contributed by atoms with Crippen LogP contribution in [0.15, 0.2) is 77.7 Å². The van der Waals surface area contributed by atoms with Gasteiger partial charge in [0, 0.05) is 33.8 Å². The molecule has 0 saturated heterocycles. The number of rotatable bonds is 10. The van der Waals surface area contributed by atoms with Crippen LogP contribution < -0.4 is 21.4 Å². The topological polar surface area (TPSA) is 140 Å². The Kier molecular flexibility index (Phi) is 12.9. The van der Waals surface area contributed by atoms with Gasteiger partial charge < -0.3 is 21.1 Å². The maximum absolute atomic E-state index is 12.4. The van der Waals surface area contributed by atoms with Crippen molar-refractivity contribution < 1.29 is 24.7 Å². The number of anilines is 1. The van der Waals surface area contributed by atoms with E-state index >= 15 is 0 Å². The van der Waals surface area contributed by atoms with Crippen molar-refractivity contribution in [3.05, 3.63) is 95.1 Å². The van der Waals surface area contributed by atoms with Crippen LogP contribution in [0.3, 0.4) is 0 Å². The van der Waals surface area contributed by atoms with Gasteiger partial charge in [0.1, 0.15) is 6.04 Å². The SMILES string of the molecule is C.CSc1ccc(CNCC(=O)Nc2ccc(C#Cc3ccc(C(=O)N[C@H](C(=O)NO)[C@@H](C)O)cc3)cc2)cc1. The zero-order valence-electron chi connectivity index (χ0n) is 21.5. The summed E-state index contributed by atoms with van der Waals surface area (Å²) in [7, 11) is 0. The van der Waals surface area contributed by atoms with Gasteiger partial charge in [-0.2, -0.15) is 0 Å². The van der Waals surface area contributed by atoms with Crippen molar-refractivity contribution in [2.75, 3.05) is 18.1 Å². The Balaban J connectivity index is 0.00000560. The third-order valence-corrected chi connectivity index (χ3v) is 6.35. The van der Waals surface area contributed by atoms with Gasteiger partial charge in [0.05, 0.1) is 12.6 Å². The molecule has 0 aromatic heterocycles. The second kappa shape index (κ2) is 16.1. The molecule has 0 fully saturated rings. The average molecular weight is 563 g/mol. The molecule has 210 valence electrons. The Morgan fingerprint density at radius 2 is 1.48 bits per heavy atom. The molecule has 0 unspecified atom stereocenters. The number of amides is 3. The first-order valence-corrected chi connectivity index (χ1v) is 13.3. The van der Waals surface area contributed by atoms with Crippen molar-refractivity contribution in [2.24, 2.45) is 0 Å². The lowest BCUT2D eigenvalue weighted by atomic mass is 10.1. The lowest BCUT2D eigenvalue weighted by molar-refractivity contribution is -0.133. The molecule has 0 aliphatic rings. The molecule has 0 aliphatic carbocycles. The second-order valence-electron chi connectivity index (χ2n) is 8.57. The molecule has 0 heterocycles. The van der Waals surface area contributed by atoms with Crippen LogP contribution in [0.5, 0.6) is 0 Å². The van der Waals surface area contributed by atoms with E-state index in [9.17, 15) is 19.5 Å². The smallest absolute Gasteiger partial charge is 0.268 e. The molecule has 0 spiro atoms. The summed E-state index contributed by atoms with van der Waals surface area (Å²) in [5, 5.41) is 26.8. The predicted octanol–water partition coefficient (Wildman–Crippen LogP) is 3.16. The second-order valence-corrected chi connectivity index (χ2v) is 9.45. The van der Waals surface area contributed by atoms with E-state index in [1.807, 2.05) is 18.4 Å². The Bertz CT molecular complexity index is 1330. The summed E-state index contributed by atoms with van der Waals surface area (Å²) < 4.78 is 0. The molecule has 6 N–H and O–H groups in total. The largest absolute Gasteiger partial charge is 0.391 e. The minimum atomic E-state index is -1.30. The molecule has 9 nitrogen and oxygen atoms in total. The minimum Gasteiger partial charge on any atom is -0.391 e. The number of hydrogen-bond donors (Lipinski definition) is 6. The van der Waals surface area contributed by atoms with E-state index in [-0.39, 0.29) is 25.4 Å². The summed E-state index contributed by atoms with van der Waals surface area (Å²) in [6.45, 7) is 2.12. The van der Waals surface area contributed by atoms with Gasteiger partial charge in [0.25, 0.3) is 11.8 Å². The molecule has 0 saturated carbocycles. The van der Waals surface area contributed by atoms with Gasteiger partial charge in [-0.15, -0.1) is 11.8 Å². The van der Waals surface area contributed by atoms with Gasteiger partial charge in [-0.25, -0.2) is 5.48 Å². The number of carbonyl (C=O) groups is 3. The molecule has 40 heavy (non-hydrogen) atoms. The molecular formula is C30H34N4O5S. The molecule has 3 amide bonds. The third-order valence-electron chi connectivity index (χ3n) is 5.60. The summed E-state index contributed by atoms with van der Waals surface area (Å²) >= 11 is 1.69. The van der Waals surface area contributed by atoms with Gasteiger partial charge in [0.15, 0.2) is 0 Å². The fourth-order valence-corrected chi connectivity index (χ4v) is 3.86. The number of benzene rings is 3. The molecule has 3 aromatic rings. The van der Waals surface area contributed by atoms with E-state index < -0.39 is 24.0 Å². The zero-order chi connectivity index (χ0) is 28.2. The van der Waals surface area contributed by atoms with Crippen LogP contribution in [0.4, 0.5) is 5.69 Å². The lowest BCUT2D eigenvalue weighted by Crippen LogP contribution is -2.51. The lowest BCUT2D eigenvalue weighted by Gasteiger charge is -2.19. The van der Waals surface area contributed by atoms with Crippen molar-refractivity contribution in [3.63, 3.8) is 0 Å². The predicted molar refractivity (Wildman–Crippen MR) is 157 cm³/mol. The Morgan fingerprint density at radius 1 is 0.900 bits per heavy atom. The normalized spacial score (nSPS) is 11.6. The summed E-state index contributed by atoms with van der Waals surface area (Å²) in [6.07, 6.45) is 0.832. The fourth-order valence-electron chi connectivity index (χ4n) is 3.45. The van der Waals surface area contributed by atoms with Crippen LogP contribution in [-0.4, -0.2) is 53.0 Å². The van der Waals surface area contributed by atoms with E-state index in [4.69, 9.17) is 5.21 Å². The van der Waals surface area contributed by atoms with Crippen LogP contribution in [-0.2, 0) is 16.1 Å². The highest BCUT2D eigenvalue weighted by molar-refractivity contribution is 7.98. The number of nitrogens with one attached hydrogen (secondary N) is 4. The molecule has 3 rings (SSSR count). The van der Waals surface area contributed by atoms with Gasteiger partial charge in [0.2, 0.25) is 5.91 Å². The van der Waals surface area contributed by atoms with Crippen LogP contribution in [0, 0.1) is 11.8 Å². The van der Waals surface area contributed by atoms with Crippen molar-refractivity contribution in [1.29, 1.82) is 0 Å². The fraction of sp³-hybridized carbons (Fsp3) is 0.233. The number of hydroxylamine groups is 1. The van der Waals surface area contributed by atoms with Crippen LogP contribution in [0.1, 0.15) is 41.4 Å². The minimum absolute atomic E-state index is 0. The van der Waals surface area contributed by atoms with Crippen LogP contribution >= 0.6 is 11.8 Å². The molecule has 0 aliphatic heterocycles. The highest BCUT2D eigenvalue weighted by Gasteiger charge is 2.25. The van der Waals surface area contributed by atoms with Crippen molar-refractivity contribution in [3.8, 4) is 11.8 Å². The number of hydrogen-bond acceptors (Lipinski definition) is 7. The highest BCUT2D eigenvalue weighted by Crippen LogP contribution is 2.15. The number of carbonyl (C=O) groups excluding carboxylic acids is 3. The van der Waals surface area contributed by atoms with Crippen molar-refractivity contribution in [1.82, 2.24) is 16.1 Å². The quantitative estimate of drug-likeness (QED) is 0.0966. The average Bonchev–Trinajstić information content (AvgIpc) is 2.95. The highest BCUT2D eigenvalue weighted by atomic mass is 32.2. The summed E-state index contributed by atoms with van der Waals surface area (Å²) in [5.74, 6) is 4.39. The Labute approximate surface area is 238 Å². The monoisotopic (exact) mass is 562 g/mol. The van der Waals surface area contributed by atoms with E-state index in [2.05, 4.69) is 39.9 Å². The summed E-state index contributed by atoms with van der Waals surface area (Å²) in [6, 6.07) is 20.4. The zero-order valence-corrected chi connectivity index (χ0v) is 22.3. The van der Waals surface area contributed by atoms with E-state index in [1.165, 1.54) is 17.3 Å². The molecular weight excluding hydrogens is 528 g/mol. The first kappa shape index (κ1) is 32.1. The van der Waals surface area contributed by atoms with Gasteiger partial charge in [-0.3, -0.25) is 19.6 Å². The maximum Gasteiger partial charge on any atom is 0.268 e. The first-order chi connectivity index (χ1) is 18.8. The molecule has 0 radical (unpaired) electrons. The number of thioether (sulfide) groups is 1. The Hall–Kier alpha value is -4.14. The van der Waals surface area contributed by atoms with Gasteiger partial charge in [-0.05, 0) is 79.4 Å². The molecule has 10 heteroatoms. The standard InChI is InChI=1S/C29H30N4O5S.CH4/c1-19(34)27(29(37)33-38)32-28(36)23-11-5-20(6-12-23)3-4-21-7-13-24(14-8-21)31-26(35)18-30-17-22-9-15-25(39-2)16-10-22;/h5-16,19,27,30,34,38H,17-18H2,1-2H3,(H,31,35)(H,32,36)(H,33,37);1H4/t19-,27+;/m1./s1. The van der Waals surface area contributed by atoms with Crippen LogP contribution in [0.25, 0.3) is 0 Å². The van der Waals surface area contributed by atoms with E-state index in [0.29, 0.717) is 17.8 Å². The van der Waals surface area contributed by atoms with Crippen molar-refractivity contribution in [2.45, 2.75) is 37.9 Å².